The lowest BCUT2D eigenvalue weighted by atomic mass is 9.80. The highest BCUT2D eigenvalue weighted by atomic mass is 19.4. The van der Waals surface area contributed by atoms with E-state index in [1.807, 2.05) is 0 Å². The van der Waals surface area contributed by atoms with Gasteiger partial charge in [0.2, 0.25) is 0 Å². The molecule has 0 bridgehead atoms. The number of halogens is 5. The van der Waals surface area contributed by atoms with Gasteiger partial charge in [0.1, 0.15) is 0 Å². The number of aromatic amines is 1. The molecule has 2 nitrogen and oxygen atoms in total. The summed E-state index contributed by atoms with van der Waals surface area (Å²) in [4.78, 5) is 3.11. The summed E-state index contributed by atoms with van der Waals surface area (Å²) in [6.07, 6.45) is -4.64. The van der Waals surface area contributed by atoms with Crippen molar-refractivity contribution in [3.05, 3.63) is 101 Å². The van der Waals surface area contributed by atoms with Crippen molar-refractivity contribution in [3.8, 4) is 0 Å². The average molecular weight is 414 g/mol. The van der Waals surface area contributed by atoms with Gasteiger partial charge >= 0.3 is 6.18 Å². The number of rotatable bonds is 1. The molecule has 30 heavy (non-hydrogen) atoms. The Labute approximate surface area is 168 Å². The molecule has 0 radical (unpaired) electrons. The quantitative estimate of drug-likeness (QED) is 0.353. The number of anilines is 1. The fraction of sp³-hybridized carbons (Fsp3) is 0.130. The minimum Gasteiger partial charge on any atom is -0.364 e. The summed E-state index contributed by atoms with van der Waals surface area (Å²) in [6.45, 7) is 0. The van der Waals surface area contributed by atoms with E-state index in [1.165, 1.54) is 0 Å². The average Bonchev–Trinajstić information content (AvgIpc) is 2.99. The second-order valence-electron chi connectivity index (χ2n) is 7.36. The number of alkyl halides is 3. The second kappa shape index (κ2) is 6.32. The Morgan fingerprint density at radius 1 is 0.833 bits per heavy atom. The Balaban J connectivity index is 1.95. The van der Waals surface area contributed by atoms with E-state index >= 15 is 0 Å². The Morgan fingerprint density at radius 2 is 1.57 bits per heavy atom. The van der Waals surface area contributed by atoms with Gasteiger partial charge in [-0.2, -0.15) is 13.2 Å². The zero-order valence-corrected chi connectivity index (χ0v) is 15.4. The third-order valence-electron chi connectivity index (χ3n) is 5.64. The molecule has 4 aromatic rings. The van der Waals surface area contributed by atoms with Crippen LogP contribution in [0.15, 0.2) is 66.7 Å². The molecule has 2 N–H and O–H groups in total. The van der Waals surface area contributed by atoms with Crippen molar-refractivity contribution < 1.29 is 22.0 Å². The van der Waals surface area contributed by atoms with E-state index in [9.17, 15) is 22.0 Å². The van der Waals surface area contributed by atoms with Crippen LogP contribution < -0.4 is 5.32 Å². The van der Waals surface area contributed by atoms with Gasteiger partial charge in [0.15, 0.2) is 17.2 Å². The summed E-state index contributed by atoms with van der Waals surface area (Å²) in [5.41, 5.74) is -1.37. The third-order valence-corrected chi connectivity index (χ3v) is 5.64. The van der Waals surface area contributed by atoms with E-state index in [1.54, 1.807) is 48.5 Å². The molecule has 152 valence electrons. The first-order valence-electron chi connectivity index (χ1n) is 9.29. The molecule has 0 saturated carbocycles. The fourth-order valence-electron chi connectivity index (χ4n) is 4.33. The van der Waals surface area contributed by atoms with Gasteiger partial charge in [0.25, 0.3) is 0 Å². The second-order valence-corrected chi connectivity index (χ2v) is 7.36. The van der Waals surface area contributed by atoms with Crippen LogP contribution in [0, 0.1) is 11.6 Å². The Kier molecular flexibility index (Phi) is 3.93. The highest BCUT2D eigenvalue weighted by molar-refractivity contribution is 5.88. The molecule has 0 saturated heterocycles. The number of aromatic nitrogens is 1. The van der Waals surface area contributed by atoms with Crippen LogP contribution in [-0.4, -0.2) is 11.2 Å². The molecular weight excluding hydrogens is 399 g/mol. The highest BCUT2D eigenvalue weighted by Gasteiger charge is 2.60. The van der Waals surface area contributed by atoms with E-state index < -0.39 is 28.9 Å². The number of hydrogen-bond donors (Lipinski definition) is 2. The van der Waals surface area contributed by atoms with Crippen LogP contribution in [0.4, 0.5) is 27.6 Å². The lowest BCUT2D eigenvalue weighted by Gasteiger charge is -2.38. The van der Waals surface area contributed by atoms with E-state index in [-0.39, 0.29) is 17.7 Å². The monoisotopic (exact) mass is 414 g/mol. The van der Waals surface area contributed by atoms with Crippen LogP contribution in [0.1, 0.15) is 22.4 Å². The third kappa shape index (κ3) is 2.54. The van der Waals surface area contributed by atoms with Gasteiger partial charge < -0.3 is 10.3 Å². The van der Waals surface area contributed by atoms with Crippen LogP contribution in [0.3, 0.4) is 0 Å². The van der Waals surface area contributed by atoms with Crippen molar-refractivity contribution in [2.45, 2.75) is 18.1 Å². The SMILES string of the molecule is Fc1ccc([C@]2(C(F)(F)F)Nc3ccccc3Cc3[nH]c4ccccc4c32)cc1F. The predicted octanol–water partition coefficient (Wildman–Crippen LogP) is 6.27. The summed E-state index contributed by atoms with van der Waals surface area (Å²) in [5.74, 6) is -2.54. The molecule has 1 aliphatic heterocycles. The molecule has 1 aromatic heterocycles. The van der Waals surface area contributed by atoms with Gasteiger partial charge in [0.05, 0.1) is 0 Å². The van der Waals surface area contributed by atoms with Crippen LogP contribution in [0.2, 0.25) is 0 Å². The molecule has 2 heterocycles. The number of para-hydroxylation sites is 2. The predicted molar refractivity (Wildman–Crippen MR) is 104 cm³/mol. The van der Waals surface area contributed by atoms with Gasteiger partial charge in [-0.3, -0.25) is 0 Å². The summed E-state index contributed by atoms with van der Waals surface area (Å²) in [6, 6.07) is 15.7. The minimum atomic E-state index is -4.87. The number of fused-ring (bicyclic) bond motifs is 4. The topological polar surface area (TPSA) is 27.8 Å². The molecule has 5 rings (SSSR count). The maximum atomic E-state index is 15.0. The first-order valence-corrected chi connectivity index (χ1v) is 9.29. The zero-order chi connectivity index (χ0) is 21.1. The zero-order valence-electron chi connectivity index (χ0n) is 15.4. The van der Waals surface area contributed by atoms with Crippen molar-refractivity contribution in [2.75, 3.05) is 5.32 Å². The summed E-state index contributed by atoms with van der Waals surface area (Å²) in [7, 11) is 0. The van der Waals surface area contributed by atoms with E-state index in [4.69, 9.17) is 0 Å². The van der Waals surface area contributed by atoms with Crippen LogP contribution >= 0.6 is 0 Å². The van der Waals surface area contributed by atoms with Crippen LogP contribution in [0.5, 0.6) is 0 Å². The number of benzene rings is 3. The number of H-pyrrole nitrogens is 1. The highest BCUT2D eigenvalue weighted by Crippen LogP contribution is 2.52. The van der Waals surface area contributed by atoms with Crippen LogP contribution in [0.25, 0.3) is 10.9 Å². The first-order chi connectivity index (χ1) is 14.3. The lowest BCUT2D eigenvalue weighted by molar-refractivity contribution is -0.169. The van der Waals surface area contributed by atoms with Crippen molar-refractivity contribution in [3.63, 3.8) is 0 Å². The maximum Gasteiger partial charge on any atom is 0.420 e. The molecule has 3 aromatic carbocycles. The molecule has 0 aliphatic carbocycles. The van der Waals surface area contributed by atoms with E-state index in [2.05, 4.69) is 10.3 Å². The minimum absolute atomic E-state index is 0.0344. The lowest BCUT2D eigenvalue weighted by Crippen LogP contribution is -2.50. The van der Waals surface area contributed by atoms with Gasteiger partial charge in [0, 0.05) is 34.3 Å². The van der Waals surface area contributed by atoms with Gasteiger partial charge in [-0.1, -0.05) is 42.5 Å². The van der Waals surface area contributed by atoms with Crippen molar-refractivity contribution in [1.82, 2.24) is 4.98 Å². The van der Waals surface area contributed by atoms with Crippen molar-refractivity contribution >= 4 is 16.6 Å². The summed E-state index contributed by atoms with van der Waals surface area (Å²) in [5, 5.41) is 3.05. The Bertz CT molecular complexity index is 1270. The fourth-order valence-corrected chi connectivity index (χ4v) is 4.33. The van der Waals surface area contributed by atoms with Gasteiger partial charge in [-0.25, -0.2) is 8.78 Å². The molecular formula is C23H15F5N2. The Hall–Kier alpha value is -3.35. The molecule has 1 atom stereocenters. The maximum absolute atomic E-state index is 15.0. The first kappa shape index (κ1) is 18.7. The van der Waals surface area contributed by atoms with E-state index in [0.717, 1.165) is 12.1 Å². The normalized spacial score (nSPS) is 18.4. The molecule has 0 fully saturated rings. The molecule has 0 amide bonds. The smallest absolute Gasteiger partial charge is 0.364 e. The summed E-state index contributed by atoms with van der Waals surface area (Å²) < 4.78 is 72.7. The standard InChI is InChI=1S/C23H15F5N2/c24-16-10-9-14(12-17(16)25)22(23(26,27)28)21-15-6-2-4-8-19(15)29-20(21)11-13-5-1-3-7-18(13)30-22/h1-10,12,29-30H,11H2/t22-/m0/s1. The molecule has 1 aliphatic rings. The summed E-state index contributed by atoms with van der Waals surface area (Å²) >= 11 is 0. The molecule has 0 unspecified atom stereocenters. The molecule has 7 heteroatoms. The number of nitrogens with one attached hydrogen (secondary N) is 2. The van der Waals surface area contributed by atoms with Gasteiger partial charge in [-0.05, 0) is 35.4 Å². The van der Waals surface area contributed by atoms with Crippen molar-refractivity contribution in [2.24, 2.45) is 0 Å². The van der Waals surface area contributed by atoms with E-state index in [0.29, 0.717) is 28.2 Å². The van der Waals surface area contributed by atoms with Crippen molar-refractivity contribution in [1.29, 1.82) is 0 Å². The van der Waals surface area contributed by atoms with Gasteiger partial charge in [-0.15, -0.1) is 0 Å². The largest absolute Gasteiger partial charge is 0.420 e. The van der Waals surface area contributed by atoms with Crippen LogP contribution in [-0.2, 0) is 12.0 Å². The molecule has 0 spiro atoms. The number of hydrogen-bond acceptors (Lipinski definition) is 1. The Morgan fingerprint density at radius 3 is 2.33 bits per heavy atom.